The fraction of sp³-hybridized carbons (Fsp3) is 0.231. The lowest BCUT2D eigenvalue weighted by atomic mass is 9.94. The van der Waals surface area contributed by atoms with Crippen LogP contribution in [0, 0.1) is 12.7 Å². The molecule has 1 N–H and O–H groups in total. The summed E-state index contributed by atoms with van der Waals surface area (Å²) in [5, 5.41) is 2.84. The minimum Gasteiger partial charge on any atom is -0.350 e. The van der Waals surface area contributed by atoms with Gasteiger partial charge in [0.05, 0.1) is 11.4 Å². The van der Waals surface area contributed by atoms with Gasteiger partial charge < -0.3 is 5.32 Å². The van der Waals surface area contributed by atoms with Crippen molar-refractivity contribution >= 4 is 27.5 Å². The first-order valence-electron chi connectivity index (χ1n) is 11.1. The quantitative estimate of drug-likeness (QED) is 0.569. The molecule has 0 bridgehead atoms. The molecule has 4 rings (SSSR count). The summed E-state index contributed by atoms with van der Waals surface area (Å²) >= 11 is 0. The fourth-order valence-corrected chi connectivity index (χ4v) is 5.65. The van der Waals surface area contributed by atoms with E-state index in [1.807, 2.05) is 31.2 Å². The first-order chi connectivity index (χ1) is 16.6. The third-order valence-corrected chi connectivity index (χ3v) is 7.87. The highest BCUT2D eigenvalue weighted by Gasteiger charge is 2.51. The molecule has 0 aliphatic carbocycles. The third kappa shape index (κ3) is 4.96. The third-order valence-electron chi connectivity index (χ3n) is 6.07. The van der Waals surface area contributed by atoms with Crippen molar-refractivity contribution < 1.29 is 22.4 Å². The van der Waals surface area contributed by atoms with Crippen LogP contribution in [0.3, 0.4) is 0 Å². The topological polar surface area (TPSA) is 86.8 Å². The van der Waals surface area contributed by atoms with E-state index in [0.717, 1.165) is 15.4 Å². The van der Waals surface area contributed by atoms with Crippen molar-refractivity contribution in [2.75, 3.05) is 18.0 Å². The zero-order valence-electron chi connectivity index (χ0n) is 19.4. The van der Waals surface area contributed by atoms with Crippen molar-refractivity contribution in [1.82, 2.24) is 9.62 Å². The van der Waals surface area contributed by atoms with Gasteiger partial charge in [-0.05, 0) is 55.8 Å². The van der Waals surface area contributed by atoms with Crippen LogP contribution in [-0.2, 0) is 26.2 Å². The van der Waals surface area contributed by atoms with Gasteiger partial charge in [0.1, 0.15) is 11.4 Å². The Morgan fingerprint density at radius 3 is 2.26 bits per heavy atom. The van der Waals surface area contributed by atoms with E-state index in [1.54, 1.807) is 18.2 Å². The van der Waals surface area contributed by atoms with Gasteiger partial charge in [-0.1, -0.05) is 48.0 Å². The Balaban J connectivity index is 1.69. The van der Waals surface area contributed by atoms with E-state index in [9.17, 15) is 22.4 Å². The maximum atomic E-state index is 13.6. The van der Waals surface area contributed by atoms with Crippen LogP contribution in [0.2, 0.25) is 0 Å². The van der Waals surface area contributed by atoms with E-state index in [1.165, 1.54) is 48.2 Å². The smallest absolute Gasteiger partial charge is 0.247 e. The lowest BCUT2D eigenvalue weighted by Crippen LogP contribution is -2.70. The number of sulfonamides is 1. The standard InChI is InChI=1S/C26H26FN3O4S/c1-19-8-10-20(11-9-19)16-28-25(32)26(2)18-29(35(33,34)23-6-4-3-5-7-23)17-24(31)30(26)22-14-12-21(27)13-15-22/h3-15H,16-18H2,1-2H3,(H,28,32)/t26-/m0/s1. The molecule has 0 aromatic heterocycles. The maximum Gasteiger partial charge on any atom is 0.247 e. The summed E-state index contributed by atoms with van der Waals surface area (Å²) in [5.74, 6) is -1.60. The van der Waals surface area contributed by atoms with E-state index in [4.69, 9.17) is 0 Å². The Bertz CT molecular complexity index is 1330. The zero-order valence-corrected chi connectivity index (χ0v) is 20.3. The molecule has 1 atom stereocenters. The number of amides is 2. The van der Waals surface area contributed by atoms with E-state index in [-0.39, 0.29) is 18.0 Å². The summed E-state index contributed by atoms with van der Waals surface area (Å²) in [6.45, 7) is 2.96. The molecule has 9 heteroatoms. The molecule has 0 unspecified atom stereocenters. The number of benzene rings is 3. The number of piperazine rings is 1. The molecule has 0 spiro atoms. The van der Waals surface area contributed by atoms with Crippen LogP contribution in [0.15, 0.2) is 83.8 Å². The van der Waals surface area contributed by atoms with Gasteiger partial charge in [0, 0.05) is 18.8 Å². The van der Waals surface area contributed by atoms with Crippen LogP contribution in [-0.4, -0.2) is 43.2 Å². The summed E-state index contributed by atoms with van der Waals surface area (Å²) in [5.41, 5.74) is 0.659. The molecule has 1 fully saturated rings. The molecular formula is C26H26FN3O4S. The Labute approximate surface area is 204 Å². The molecule has 1 heterocycles. The minimum absolute atomic E-state index is 0.0328. The number of halogens is 1. The molecule has 7 nitrogen and oxygen atoms in total. The first-order valence-corrected chi connectivity index (χ1v) is 12.5. The van der Waals surface area contributed by atoms with Gasteiger partial charge >= 0.3 is 0 Å². The molecular weight excluding hydrogens is 469 g/mol. The van der Waals surface area contributed by atoms with Crippen molar-refractivity contribution in [2.45, 2.75) is 30.8 Å². The van der Waals surface area contributed by atoms with E-state index in [0.29, 0.717) is 5.69 Å². The molecule has 3 aromatic carbocycles. The second kappa shape index (κ2) is 9.59. The number of nitrogens with one attached hydrogen (secondary N) is 1. The molecule has 1 aliphatic heterocycles. The van der Waals surface area contributed by atoms with Gasteiger partial charge in [0.15, 0.2) is 0 Å². The number of hydrogen-bond donors (Lipinski definition) is 1. The van der Waals surface area contributed by atoms with Crippen LogP contribution in [0.5, 0.6) is 0 Å². The molecule has 1 aliphatic rings. The lowest BCUT2D eigenvalue weighted by Gasteiger charge is -2.46. The van der Waals surface area contributed by atoms with Crippen LogP contribution in [0.1, 0.15) is 18.1 Å². The van der Waals surface area contributed by atoms with Crippen LogP contribution >= 0.6 is 0 Å². The molecule has 0 saturated carbocycles. The summed E-state index contributed by atoms with van der Waals surface area (Å²) in [4.78, 5) is 28.2. The number of rotatable bonds is 6. The largest absolute Gasteiger partial charge is 0.350 e. The predicted molar refractivity (Wildman–Crippen MR) is 131 cm³/mol. The average Bonchev–Trinajstić information content (AvgIpc) is 2.84. The SMILES string of the molecule is Cc1ccc(CNC(=O)[C@]2(C)CN(S(=O)(=O)c3ccccc3)CC(=O)N2c2ccc(F)cc2)cc1. The van der Waals surface area contributed by atoms with Gasteiger partial charge in [-0.25, -0.2) is 12.8 Å². The summed E-state index contributed by atoms with van der Waals surface area (Å²) in [7, 11) is -4.04. The van der Waals surface area contributed by atoms with Crippen molar-refractivity contribution in [3.05, 3.63) is 95.8 Å². The van der Waals surface area contributed by atoms with Crippen molar-refractivity contribution in [1.29, 1.82) is 0 Å². The Kier molecular flexibility index (Phi) is 6.73. The highest BCUT2D eigenvalue weighted by Crippen LogP contribution is 2.32. The van der Waals surface area contributed by atoms with Crippen molar-refractivity contribution in [2.24, 2.45) is 0 Å². The second-order valence-corrected chi connectivity index (χ2v) is 10.7. The van der Waals surface area contributed by atoms with Crippen LogP contribution in [0.25, 0.3) is 0 Å². The second-order valence-electron chi connectivity index (χ2n) is 8.73. The van der Waals surface area contributed by atoms with E-state index < -0.39 is 39.7 Å². The normalized spacial score (nSPS) is 18.9. The van der Waals surface area contributed by atoms with Gasteiger partial charge in [0.2, 0.25) is 21.8 Å². The number of carbonyl (C=O) groups excluding carboxylic acids is 2. The predicted octanol–water partition coefficient (Wildman–Crippen LogP) is 3.25. The number of hydrogen-bond acceptors (Lipinski definition) is 4. The molecule has 0 radical (unpaired) electrons. The first kappa shape index (κ1) is 24.6. The average molecular weight is 496 g/mol. The summed E-state index contributed by atoms with van der Waals surface area (Å²) < 4.78 is 41.2. The van der Waals surface area contributed by atoms with Gasteiger partial charge in [-0.3, -0.25) is 14.5 Å². The number of anilines is 1. The zero-order chi connectivity index (χ0) is 25.2. The van der Waals surface area contributed by atoms with E-state index >= 15 is 0 Å². The highest BCUT2D eigenvalue weighted by atomic mass is 32.2. The number of nitrogens with zero attached hydrogens (tertiary/aromatic N) is 2. The number of aryl methyl sites for hydroxylation is 1. The van der Waals surface area contributed by atoms with Crippen molar-refractivity contribution in [3.8, 4) is 0 Å². The summed E-state index contributed by atoms with van der Waals surface area (Å²) in [6, 6.07) is 20.6. The molecule has 2 amide bonds. The van der Waals surface area contributed by atoms with Gasteiger partial charge in [0.25, 0.3) is 0 Å². The highest BCUT2D eigenvalue weighted by molar-refractivity contribution is 7.89. The Morgan fingerprint density at radius 1 is 1.00 bits per heavy atom. The molecule has 3 aromatic rings. The fourth-order valence-electron chi connectivity index (χ4n) is 4.15. The summed E-state index contributed by atoms with van der Waals surface area (Å²) in [6.07, 6.45) is 0. The van der Waals surface area contributed by atoms with Crippen LogP contribution < -0.4 is 10.2 Å². The lowest BCUT2D eigenvalue weighted by molar-refractivity contribution is -0.133. The Morgan fingerprint density at radius 2 is 1.63 bits per heavy atom. The maximum absolute atomic E-state index is 13.6. The molecule has 182 valence electrons. The van der Waals surface area contributed by atoms with Crippen molar-refractivity contribution in [3.63, 3.8) is 0 Å². The minimum atomic E-state index is -4.04. The van der Waals surface area contributed by atoms with Gasteiger partial charge in [-0.15, -0.1) is 0 Å². The number of carbonyl (C=O) groups is 2. The Hall–Kier alpha value is -3.56. The van der Waals surface area contributed by atoms with Gasteiger partial charge in [-0.2, -0.15) is 4.31 Å². The van der Waals surface area contributed by atoms with Crippen LogP contribution in [0.4, 0.5) is 10.1 Å². The monoisotopic (exact) mass is 495 g/mol. The van der Waals surface area contributed by atoms with E-state index in [2.05, 4.69) is 5.32 Å². The molecule has 1 saturated heterocycles. The molecule has 35 heavy (non-hydrogen) atoms.